The minimum absolute atomic E-state index is 1.08. The molecule has 0 aliphatic rings. The fourth-order valence-corrected chi connectivity index (χ4v) is 3.11. The average molecular weight is 299 g/mol. The van der Waals surface area contributed by atoms with Crippen LogP contribution in [0.5, 0.6) is 0 Å². The Morgan fingerprint density at radius 1 is 0.667 bits per heavy atom. The largest absolute Gasteiger partial charge is 0.316 e. The highest BCUT2D eigenvalue weighted by Crippen LogP contribution is 2.07. The van der Waals surface area contributed by atoms with Gasteiger partial charge in [0.05, 0.1) is 0 Å². The van der Waals surface area contributed by atoms with Crippen molar-refractivity contribution in [3.8, 4) is 0 Å². The van der Waals surface area contributed by atoms with Crippen molar-refractivity contribution in [3.63, 3.8) is 0 Å². The van der Waals surface area contributed by atoms with Crippen LogP contribution in [-0.4, -0.2) is 24.6 Å². The minimum atomic E-state index is 1.08. The first-order valence-corrected chi connectivity index (χ1v) is 8.97. The Kier molecular flexibility index (Phi) is 8.04. The van der Waals surface area contributed by atoms with E-state index < -0.39 is 0 Å². The van der Waals surface area contributed by atoms with Crippen molar-refractivity contribution in [1.82, 2.24) is 5.32 Å². The van der Waals surface area contributed by atoms with E-state index in [2.05, 4.69) is 77.7 Å². The molecule has 0 aliphatic carbocycles. The molecule has 0 amide bonds. The lowest BCUT2D eigenvalue weighted by Gasteiger charge is -2.05. The van der Waals surface area contributed by atoms with Gasteiger partial charge in [0.1, 0.15) is 0 Å². The fourth-order valence-electron chi connectivity index (χ4n) is 2.27. The summed E-state index contributed by atoms with van der Waals surface area (Å²) in [6.07, 6.45) is 3.60. The van der Waals surface area contributed by atoms with Gasteiger partial charge in [-0.15, -0.1) is 0 Å². The Hall–Kier alpha value is -1.25. The van der Waals surface area contributed by atoms with Gasteiger partial charge in [-0.1, -0.05) is 60.7 Å². The number of aryl methyl sites for hydroxylation is 1. The first-order valence-electron chi connectivity index (χ1n) is 7.81. The molecule has 2 aromatic rings. The molecular formula is C19H25NS. The van der Waals surface area contributed by atoms with E-state index in [-0.39, 0.29) is 0 Å². The lowest BCUT2D eigenvalue weighted by molar-refractivity contribution is 0.721. The SMILES string of the molecule is c1ccc(CCCSCCNCCc2ccccc2)cc1. The van der Waals surface area contributed by atoms with Crippen LogP contribution < -0.4 is 5.32 Å². The van der Waals surface area contributed by atoms with Crippen LogP contribution in [0.15, 0.2) is 60.7 Å². The highest BCUT2D eigenvalue weighted by Gasteiger charge is 1.94. The molecular weight excluding hydrogens is 274 g/mol. The third kappa shape index (κ3) is 7.35. The molecule has 0 saturated heterocycles. The first-order chi connectivity index (χ1) is 10.4. The molecule has 1 nitrogen and oxygen atoms in total. The van der Waals surface area contributed by atoms with Crippen molar-refractivity contribution in [2.24, 2.45) is 0 Å². The van der Waals surface area contributed by atoms with Gasteiger partial charge < -0.3 is 5.32 Å². The summed E-state index contributed by atoms with van der Waals surface area (Å²) in [5.41, 5.74) is 2.87. The van der Waals surface area contributed by atoms with Crippen LogP contribution in [0.3, 0.4) is 0 Å². The summed E-state index contributed by atoms with van der Waals surface area (Å²) in [4.78, 5) is 0. The Morgan fingerprint density at radius 3 is 1.95 bits per heavy atom. The summed E-state index contributed by atoms with van der Waals surface area (Å²) in [5.74, 6) is 2.47. The van der Waals surface area contributed by atoms with Crippen molar-refractivity contribution in [1.29, 1.82) is 0 Å². The maximum atomic E-state index is 3.52. The van der Waals surface area contributed by atoms with Crippen LogP contribution in [0, 0.1) is 0 Å². The van der Waals surface area contributed by atoms with Gasteiger partial charge in [-0.3, -0.25) is 0 Å². The summed E-state index contributed by atoms with van der Waals surface area (Å²) in [6, 6.07) is 21.4. The van der Waals surface area contributed by atoms with Crippen molar-refractivity contribution < 1.29 is 0 Å². The van der Waals surface area contributed by atoms with Crippen LogP contribution in [0.25, 0.3) is 0 Å². The van der Waals surface area contributed by atoms with E-state index >= 15 is 0 Å². The van der Waals surface area contributed by atoms with Gasteiger partial charge in [0.25, 0.3) is 0 Å². The second-order valence-corrected chi connectivity index (χ2v) is 6.41. The van der Waals surface area contributed by atoms with E-state index in [1.54, 1.807) is 0 Å². The number of thioether (sulfide) groups is 1. The summed E-state index contributed by atoms with van der Waals surface area (Å²) < 4.78 is 0. The van der Waals surface area contributed by atoms with Crippen molar-refractivity contribution in [2.45, 2.75) is 19.3 Å². The second-order valence-electron chi connectivity index (χ2n) is 5.19. The molecule has 1 N–H and O–H groups in total. The molecule has 0 aliphatic heterocycles. The first kappa shape index (κ1) is 16.1. The fraction of sp³-hybridized carbons (Fsp3) is 0.368. The van der Waals surface area contributed by atoms with Gasteiger partial charge in [0.2, 0.25) is 0 Å². The molecule has 2 aromatic carbocycles. The molecule has 0 radical (unpaired) electrons. The van der Waals surface area contributed by atoms with Gasteiger partial charge in [0.15, 0.2) is 0 Å². The van der Waals surface area contributed by atoms with Gasteiger partial charge in [-0.05, 0) is 42.7 Å². The average Bonchev–Trinajstić information content (AvgIpc) is 2.55. The normalized spacial score (nSPS) is 10.7. The monoisotopic (exact) mass is 299 g/mol. The Balaban J connectivity index is 1.40. The van der Waals surface area contributed by atoms with Gasteiger partial charge in [0, 0.05) is 12.3 Å². The third-order valence-electron chi connectivity index (χ3n) is 3.45. The zero-order chi connectivity index (χ0) is 14.6. The van der Waals surface area contributed by atoms with E-state index in [4.69, 9.17) is 0 Å². The Bertz CT molecular complexity index is 424. The van der Waals surface area contributed by atoms with E-state index in [1.807, 2.05) is 0 Å². The van der Waals surface area contributed by atoms with E-state index in [9.17, 15) is 0 Å². The van der Waals surface area contributed by atoms with E-state index in [0.717, 1.165) is 19.5 Å². The lowest BCUT2D eigenvalue weighted by Crippen LogP contribution is -2.20. The predicted molar refractivity (Wildman–Crippen MR) is 95.1 cm³/mol. The molecule has 2 rings (SSSR count). The number of benzene rings is 2. The molecule has 112 valence electrons. The molecule has 0 bridgehead atoms. The standard InChI is InChI=1S/C19H25NS/c1-3-8-18(9-4-1)12-7-16-21-17-15-20-14-13-19-10-5-2-6-11-19/h1-6,8-11,20H,7,12-17H2. The zero-order valence-electron chi connectivity index (χ0n) is 12.6. The highest BCUT2D eigenvalue weighted by atomic mass is 32.2. The summed E-state index contributed by atoms with van der Waals surface area (Å²) in [7, 11) is 0. The summed E-state index contributed by atoms with van der Waals surface area (Å²) in [6.45, 7) is 2.19. The van der Waals surface area contributed by atoms with Gasteiger partial charge in [-0.25, -0.2) is 0 Å². The Labute approximate surface area is 133 Å². The quantitative estimate of drug-likeness (QED) is 0.660. The molecule has 0 fully saturated rings. The molecule has 0 aromatic heterocycles. The molecule has 0 saturated carbocycles. The molecule has 0 atom stereocenters. The number of hydrogen-bond acceptors (Lipinski definition) is 2. The van der Waals surface area contributed by atoms with E-state index in [1.165, 1.54) is 35.5 Å². The number of hydrogen-bond donors (Lipinski definition) is 1. The number of rotatable bonds is 10. The maximum Gasteiger partial charge on any atom is 0.00581 e. The Morgan fingerprint density at radius 2 is 1.29 bits per heavy atom. The van der Waals surface area contributed by atoms with Crippen LogP contribution in [0.2, 0.25) is 0 Å². The van der Waals surface area contributed by atoms with Gasteiger partial charge >= 0.3 is 0 Å². The summed E-state index contributed by atoms with van der Waals surface area (Å²) in [5, 5.41) is 3.52. The van der Waals surface area contributed by atoms with Crippen molar-refractivity contribution >= 4 is 11.8 Å². The van der Waals surface area contributed by atoms with Gasteiger partial charge in [-0.2, -0.15) is 11.8 Å². The lowest BCUT2D eigenvalue weighted by atomic mass is 10.1. The topological polar surface area (TPSA) is 12.0 Å². The molecule has 0 unspecified atom stereocenters. The van der Waals surface area contributed by atoms with Crippen LogP contribution in [-0.2, 0) is 12.8 Å². The zero-order valence-corrected chi connectivity index (χ0v) is 13.4. The number of nitrogens with one attached hydrogen (secondary N) is 1. The smallest absolute Gasteiger partial charge is 0.00581 e. The van der Waals surface area contributed by atoms with Crippen LogP contribution in [0.4, 0.5) is 0 Å². The van der Waals surface area contributed by atoms with Crippen molar-refractivity contribution in [3.05, 3.63) is 71.8 Å². The van der Waals surface area contributed by atoms with Crippen molar-refractivity contribution in [2.75, 3.05) is 24.6 Å². The maximum absolute atomic E-state index is 3.52. The molecule has 21 heavy (non-hydrogen) atoms. The highest BCUT2D eigenvalue weighted by molar-refractivity contribution is 7.99. The molecule has 0 spiro atoms. The molecule has 0 heterocycles. The molecule has 2 heteroatoms. The second kappa shape index (κ2) is 10.5. The third-order valence-corrected chi connectivity index (χ3v) is 4.52. The van der Waals surface area contributed by atoms with Crippen LogP contribution >= 0.6 is 11.8 Å². The van der Waals surface area contributed by atoms with E-state index in [0.29, 0.717) is 0 Å². The minimum Gasteiger partial charge on any atom is -0.316 e. The summed E-state index contributed by atoms with van der Waals surface area (Å²) >= 11 is 2.06. The predicted octanol–water partition coefficient (Wildman–Crippen LogP) is 4.18. The van der Waals surface area contributed by atoms with Crippen LogP contribution in [0.1, 0.15) is 17.5 Å².